The summed E-state index contributed by atoms with van der Waals surface area (Å²) < 4.78 is 5.55. The van der Waals surface area contributed by atoms with Gasteiger partial charge in [0.15, 0.2) is 0 Å². The van der Waals surface area contributed by atoms with E-state index in [2.05, 4.69) is 37.6 Å². The maximum Gasteiger partial charge on any atom is 0.0675 e. The van der Waals surface area contributed by atoms with E-state index in [4.69, 9.17) is 4.74 Å². The monoisotopic (exact) mass is 240 g/mol. The summed E-state index contributed by atoms with van der Waals surface area (Å²) in [6, 6.07) is 1.35. The van der Waals surface area contributed by atoms with Crippen LogP contribution in [-0.4, -0.2) is 49.3 Å². The molecule has 1 aliphatic heterocycles. The maximum atomic E-state index is 5.55. The molecule has 3 heteroatoms. The molecule has 1 rings (SSSR count). The van der Waals surface area contributed by atoms with Crippen molar-refractivity contribution in [3.05, 3.63) is 12.7 Å². The Morgan fingerprint density at radius 3 is 2.53 bits per heavy atom. The van der Waals surface area contributed by atoms with Gasteiger partial charge in [0.2, 0.25) is 0 Å². The van der Waals surface area contributed by atoms with E-state index < -0.39 is 0 Å². The van der Waals surface area contributed by atoms with Gasteiger partial charge in [-0.15, -0.1) is 6.58 Å². The zero-order valence-corrected chi connectivity index (χ0v) is 11.6. The Morgan fingerprint density at radius 1 is 1.35 bits per heavy atom. The SMILES string of the molecule is C=CCOC(C)CNC1CCN(C(C)C)CC1. The van der Waals surface area contributed by atoms with Crippen molar-refractivity contribution in [1.29, 1.82) is 0 Å². The summed E-state index contributed by atoms with van der Waals surface area (Å²) in [7, 11) is 0. The first-order valence-electron chi connectivity index (χ1n) is 6.83. The smallest absolute Gasteiger partial charge is 0.0675 e. The van der Waals surface area contributed by atoms with Crippen LogP contribution in [0.2, 0.25) is 0 Å². The Morgan fingerprint density at radius 2 is 2.00 bits per heavy atom. The molecule has 1 N–H and O–H groups in total. The van der Waals surface area contributed by atoms with Crippen molar-refractivity contribution in [3.63, 3.8) is 0 Å². The minimum atomic E-state index is 0.274. The fraction of sp³-hybridized carbons (Fsp3) is 0.857. The van der Waals surface area contributed by atoms with Crippen LogP contribution in [0, 0.1) is 0 Å². The van der Waals surface area contributed by atoms with Crippen LogP contribution < -0.4 is 5.32 Å². The molecule has 1 fully saturated rings. The molecule has 1 heterocycles. The predicted octanol–water partition coefficient (Wildman–Crippen LogP) is 2.04. The third-order valence-electron chi connectivity index (χ3n) is 3.45. The standard InChI is InChI=1S/C14H28N2O/c1-5-10-17-13(4)11-15-14-6-8-16(9-7-14)12(2)3/h5,12-15H,1,6-11H2,2-4H3. The van der Waals surface area contributed by atoms with Gasteiger partial charge >= 0.3 is 0 Å². The first-order chi connectivity index (χ1) is 8.13. The second-order valence-corrected chi connectivity index (χ2v) is 5.24. The molecule has 3 nitrogen and oxygen atoms in total. The molecule has 0 amide bonds. The Bertz CT molecular complexity index is 210. The molecule has 1 aliphatic rings. The van der Waals surface area contributed by atoms with Crippen LogP contribution in [-0.2, 0) is 4.74 Å². The summed E-state index contributed by atoms with van der Waals surface area (Å²) in [5.74, 6) is 0. The Hall–Kier alpha value is -0.380. The molecule has 0 aromatic rings. The molecule has 17 heavy (non-hydrogen) atoms. The lowest BCUT2D eigenvalue weighted by Gasteiger charge is -2.35. The van der Waals surface area contributed by atoms with Crippen LogP contribution in [0.5, 0.6) is 0 Å². The lowest BCUT2D eigenvalue weighted by Crippen LogP contribution is -2.46. The third-order valence-corrected chi connectivity index (χ3v) is 3.45. The van der Waals surface area contributed by atoms with E-state index in [1.807, 2.05) is 0 Å². The summed E-state index contributed by atoms with van der Waals surface area (Å²) in [5.41, 5.74) is 0. The number of nitrogens with one attached hydrogen (secondary N) is 1. The lowest BCUT2D eigenvalue weighted by atomic mass is 10.0. The highest BCUT2D eigenvalue weighted by Crippen LogP contribution is 2.12. The molecular weight excluding hydrogens is 212 g/mol. The van der Waals surface area contributed by atoms with Gasteiger partial charge in [-0.3, -0.25) is 0 Å². The fourth-order valence-electron chi connectivity index (χ4n) is 2.24. The highest BCUT2D eigenvalue weighted by atomic mass is 16.5. The third kappa shape index (κ3) is 5.66. The average molecular weight is 240 g/mol. The Labute approximate surface area is 106 Å². The topological polar surface area (TPSA) is 24.5 Å². The summed E-state index contributed by atoms with van der Waals surface area (Å²) in [5, 5.41) is 3.60. The van der Waals surface area contributed by atoms with Crippen LogP contribution in [0.1, 0.15) is 33.6 Å². The Balaban J connectivity index is 2.11. The molecule has 100 valence electrons. The van der Waals surface area contributed by atoms with E-state index in [0.29, 0.717) is 18.7 Å². The zero-order chi connectivity index (χ0) is 12.7. The van der Waals surface area contributed by atoms with E-state index >= 15 is 0 Å². The molecule has 0 aromatic carbocycles. The largest absolute Gasteiger partial charge is 0.373 e. The number of likely N-dealkylation sites (tertiary alicyclic amines) is 1. The first kappa shape index (κ1) is 14.7. The highest BCUT2D eigenvalue weighted by Gasteiger charge is 2.20. The van der Waals surface area contributed by atoms with Gasteiger partial charge in [-0.2, -0.15) is 0 Å². The molecule has 1 saturated heterocycles. The van der Waals surface area contributed by atoms with E-state index in [9.17, 15) is 0 Å². The number of piperidine rings is 1. The molecule has 0 saturated carbocycles. The van der Waals surface area contributed by atoms with Crippen molar-refractivity contribution < 1.29 is 4.74 Å². The minimum absolute atomic E-state index is 0.274. The second kappa shape index (κ2) is 7.85. The van der Waals surface area contributed by atoms with E-state index in [1.165, 1.54) is 25.9 Å². The van der Waals surface area contributed by atoms with E-state index in [-0.39, 0.29) is 6.10 Å². The number of hydrogen-bond acceptors (Lipinski definition) is 3. The summed E-state index contributed by atoms with van der Waals surface area (Å²) in [6.45, 7) is 14.4. The fourth-order valence-corrected chi connectivity index (χ4v) is 2.24. The molecule has 0 aliphatic carbocycles. The van der Waals surface area contributed by atoms with Gasteiger partial charge in [0.1, 0.15) is 0 Å². The van der Waals surface area contributed by atoms with Crippen molar-refractivity contribution in [2.45, 2.75) is 51.8 Å². The number of rotatable bonds is 7. The Kier molecular flexibility index (Phi) is 6.78. The van der Waals surface area contributed by atoms with Gasteiger partial charge in [-0.1, -0.05) is 6.08 Å². The first-order valence-corrected chi connectivity index (χ1v) is 6.83. The predicted molar refractivity (Wildman–Crippen MR) is 73.3 cm³/mol. The summed E-state index contributed by atoms with van der Waals surface area (Å²) >= 11 is 0. The summed E-state index contributed by atoms with van der Waals surface area (Å²) in [4.78, 5) is 2.55. The summed E-state index contributed by atoms with van der Waals surface area (Å²) in [6.07, 6.45) is 4.59. The van der Waals surface area contributed by atoms with Crippen LogP contribution >= 0.6 is 0 Å². The van der Waals surface area contributed by atoms with Crippen LogP contribution in [0.25, 0.3) is 0 Å². The highest BCUT2D eigenvalue weighted by molar-refractivity contribution is 4.79. The minimum Gasteiger partial charge on any atom is -0.373 e. The molecule has 0 bridgehead atoms. The lowest BCUT2D eigenvalue weighted by molar-refractivity contribution is 0.0804. The molecule has 0 radical (unpaired) electrons. The van der Waals surface area contributed by atoms with Gasteiger partial charge in [-0.05, 0) is 46.7 Å². The number of hydrogen-bond donors (Lipinski definition) is 1. The van der Waals surface area contributed by atoms with Crippen molar-refractivity contribution in [3.8, 4) is 0 Å². The molecule has 0 spiro atoms. The number of ether oxygens (including phenoxy) is 1. The van der Waals surface area contributed by atoms with Gasteiger partial charge in [-0.25, -0.2) is 0 Å². The second-order valence-electron chi connectivity index (χ2n) is 5.24. The van der Waals surface area contributed by atoms with Crippen LogP contribution in [0.15, 0.2) is 12.7 Å². The van der Waals surface area contributed by atoms with Crippen LogP contribution in [0.4, 0.5) is 0 Å². The van der Waals surface area contributed by atoms with E-state index in [1.54, 1.807) is 6.08 Å². The molecule has 0 aromatic heterocycles. The molecule has 1 unspecified atom stereocenters. The normalized spacial score (nSPS) is 20.7. The molecular formula is C14H28N2O. The van der Waals surface area contributed by atoms with Gasteiger partial charge < -0.3 is 15.0 Å². The van der Waals surface area contributed by atoms with Crippen molar-refractivity contribution in [2.75, 3.05) is 26.2 Å². The van der Waals surface area contributed by atoms with Gasteiger partial charge in [0.05, 0.1) is 12.7 Å². The number of nitrogens with zero attached hydrogens (tertiary/aromatic N) is 1. The quantitative estimate of drug-likeness (QED) is 0.689. The van der Waals surface area contributed by atoms with Gasteiger partial charge in [0, 0.05) is 18.6 Å². The maximum absolute atomic E-state index is 5.55. The molecule has 1 atom stereocenters. The van der Waals surface area contributed by atoms with E-state index in [0.717, 1.165) is 6.54 Å². The van der Waals surface area contributed by atoms with Crippen LogP contribution in [0.3, 0.4) is 0 Å². The van der Waals surface area contributed by atoms with Crippen molar-refractivity contribution in [1.82, 2.24) is 10.2 Å². The van der Waals surface area contributed by atoms with Crippen molar-refractivity contribution in [2.24, 2.45) is 0 Å². The van der Waals surface area contributed by atoms with Crippen molar-refractivity contribution >= 4 is 0 Å². The van der Waals surface area contributed by atoms with Gasteiger partial charge in [0.25, 0.3) is 0 Å². The average Bonchev–Trinajstić information content (AvgIpc) is 2.34. The zero-order valence-electron chi connectivity index (χ0n) is 11.6.